The summed E-state index contributed by atoms with van der Waals surface area (Å²) in [5.74, 6) is -0.144. The third-order valence-corrected chi connectivity index (χ3v) is 5.05. The number of hydrogen-bond donors (Lipinski definition) is 2. The van der Waals surface area contributed by atoms with Crippen molar-refractivity contribution in [2.75, 3.05) is 5.43 Å². The van der Waals surface area contributed by atoms with Gasteiger partial charge in [-0.15, -0.1) is 0 Å². The average molecular weight is 383 g/mol. The van der Waals surface area contributed by atoms with E-state index in [0.29, 0.717) is 22.3 Å². The number of fused-ring (bicyclic) bond motifs is 2. The van der Waals surface area contributed by atoms with Gasteiger partial charge >= 0.3 is 0 Å². The second-order valence-electron chi connectivity index (χ2n) is 6.83. The van der Waals surface area contributed by atoms with Gasteiger partial charge in [-0.2, -0.15) is 5.10 Å². The maximum absolute atomic E-state index is 13.2. The highest BCUT2D eigenvalue weighted by atomic mass is 16.2. The fourth-order valence-corrected chi connectivity index (χ4v) is 3.64. The molecule has 7 heteroatoms. The summed E-state index contributed by atoms with van der Waals surface area (Å²) in [5, 5.41) is 7.74. The van der Waals surface area contributed by atoms with Gasteiger partial charge in [0.15, 0.2) is 0 Å². The van der Waals surface area contributed by atoms with Crippen LogP contribution in [0, 0.1) is 5.92 Å². The number of rotatable bonds is 3. The van der Waals surface area contributed by atoms with Crippen LogP contribution < -0.4 is 16.3 Å². The highest BCUT2D eigenvalue weighted by molar-refractivity contribution is 6.42. The molecule has 1 amide bonds. The number of benzene rings is 2. The fraction of sp³-hybridized carbons (Fsp3) is 0.0909. The molecule has 1 fully saturated rings. The molecule has 0 unspecified atom stereocenters. The number of hydrogen-bond acceptors (Lipinski definition) is 5. The van der Waals surface area contributed by atoms with Crippen LogP contribution >= 0.6 is 0 Å². The maximum atomic E-state index is 13.2. The van der Waals surface area contributed by atoms with Crippen LogP contribution in [0.2, 0.25) is 0 Å². The first kappa shape index (κ1) is 17.1. The molecule has 142 valence electrons. The van der Waals surface area contributed by atoms with Crippen molar-refractivity contribution in [3.05, 3.63) is 89.3 Å². The molecular weight excluding hydrogens is 366 g/mol. The topological polar surface area (TPSA) is 88.4 Å². The molecule has 2 aromatic carbocycles. The van der Waals surface area contributed by atoms with E-state index in [-0.39, 0.29) is 29.4 Å². The van der Waals surface area contributed by atoms with Crippen molar-refractivity contribution < 1.29 is 4.79 Å². The highest BCUT2D eigenvalue weighted by Crippen LogP contribution is 2.22. The Hall–Kier alpha value is -4.00. The van der Waals surface area contributed by atoms with E-state index in [4.69, 9.17) is 0 Å². The Labute approximate surface area is 166 Å². The van der Waals surface area contributed by atoms with Crippen LogP contribution in [0.5, 0.6) is 0 Å². The van der Waals surface area contributed by atoms with Crippen LogP contribution in [0.25, 0.3) is 16.6 Å². The minimum atomic E-state index is -0.238. The lowest BCUT2D eigenvalue weighted by Gasteiger charge is -2.15. The van der Waals surface area contributed by atoms with Gasteiger partial charge in [-0.3, -0.25) is 9.59 Å². The monoisotopic (exact) mass is 383 g/mol. The number of anilines is 1. The van der Waals surface area contributed by atoms with E-state index in [9.17, 15) is 9.59 Å². The Morgan fingerprint density at radius 1 is 0.966 bits per heavy atom. The summed E-state index contributed by atoms with van der Waals surface area (Å²) in [6, 6.07) is 16.3. The molecule has 2 aliphatic rings. The van der Waals surface area contributed by atoms with E-state index < -0.39 is 0 Å². The molecule has 0 saturated carbocycles. The lowest BCUT2D eigenvalue weighted by molar-refractivity contribution is -0.114. The number of hydrazone groups is 1. The Balaban J connectivity index is 1.63. The van der Waals surface area contributed by atoms with Crippen LogP contribution in [-0.2, 0) is 4.79 Å². The van der Waals surface area contributed by atoms with Crippen molar-refractivity contribution in [3.63, 3.8) is 0 Å². The van der Waals surface area contributed by atoms with E-state index in [2.05, 4.69) is 20.8 Å². The molecule has 0 radical (unpaired) electrons. The van der Waals surface area contributed by atoms with Crippen LogP contribution in [-0.4, -0.2) is 27.2 Å². The van der Waals surface area contributed by atoms with Crippen LogP contribution in [0.3, 0.4) is 0 Å². The minimum Gasteiger partial charge on any atom is -0.344 e. The summed E-state index contributed by atoms with van der Waals surface area (Å²) in [7, 11) is 0. The summed E-state index contributed by atoms with van der Waals surface area (Å²) in [4.78, 5) is 30.1. The maximum Gasteiger partial charge on any atom is 0.268 e. The molecule has 1 aliphatic heterocycles. The zero-order valence-corrected chi connectivity index (χ0v) is 15.3. The van der Waals surface area contributed by atoms with Gasteiger partial charge in [-0.05, 0) is 24.3 Å². The Morgan fingerprint density at radius 2 is 1.72 bits per heavy atom. The zero-order valence-electron chi connectivity index (χ0n) is 15.3. The van der Waals surface area contributed by atoms with Crippen molar-refractivity contribution in [1.29, 1.82) is 0 Å². The number of nitrogens with one attached hydrogen (secondary N) is 2. The predicted molar refractivity (Wildman–Crippen MR) is 112 cm³/mol. The SMILES string of the molecule is O=C1N[C@H]2C=CC=C[C@@H]2/C1=N/Nc1nc2ccccc2c(=O)n1-c1ccccc1. The van der Waals surface area contributed by atoms with E-state index in [1.54, 1.807) is 18.2 Å². The fourth-order valence-electron chi connectivity index (χ4n) is 3.64. The van der Waals surface area contributed by atoms with Gasteiger partial charge in [-0.1, -0.05) is 54.6 Å². The van der Waals surface area contributed by atoms with Crippen molar-refractivity contribution >= 4 is 28.5 Å². The summed E-state index contributed by atoms with van der Waals surface area (Å²) in [6.07, 6.45) is 7.65. The summed E-state index contributed by atoms with van der Waals surface area (Å²) in [6.45, 7) is 0. The number of aromatic nitrogens is 2. The van der Waals surface area contributed by atoms with Crippen molar-refractivity contribution in [2.45, 2.75) is 6.04 Å². The number of carbonyl (C=O) groups excluding carboxylic acids is 1. The third-order valence-electron chi connectivity index (χ3n) is 5.05. The summed E-state index contributed by atoms with van der Waals surface area (Å²) < 4.78 is 1.47. The van der Waals surface area contributed by atoms with Crippen molar-refractivity contribution in [1.82, 2.24) is 14.9 Å². The van der Waals surface area contributed by atoms with E-state index in [1.807, 2.05) is 60.7 Å². The van der Waals surface area contributed by atoms with Gasteiger partial charge in [0.05, 0.1) is 28.6 Å². The van der Waals surface area contributed by atoms with Crippen LogP contribution in [0.4, 0.5) is 5.95 Å². The quantitative estimate of drug-likeness (QED) is 0.680. The molecule has 1 saturated heterocycles. The zero-order chi connectivity index (χ0) is 19.8. The van der Waals surface area contributed by atoms with Gasteiger partial charge < -0.3 is 5.32 Å². The molecule has 1 aromatic heterocycles. The lowest BCUT2D eigenvalue weighted by atomic mass is 9.95. The Kier molecular flexibility index (Phi) is 4.05. The van der Waals surface area contributed by atoms with Gasteiger partial charge in [0.1, 0.15) is 5.71 Å². The number of para-hydroxylation sites is 2. The van der Waals surface area contributed by atoms with Crippen molar-refractivity contribution in [3.8, 4) is 5.69 Å². The first-order valence-corrected chi connectivity index (χ1v) is 9.29. The van der Waals surface area contributed by atoms with Gasteiger partial charge in [0.25, 0.3) is 11.5 Å². The molecule has 0 spiro atoms. The minimum absolute atomic E-state index is 0.103. The van der Waals surface area contributed by atoms with E-state index in [0.717, 1.165) is 0 Å². The molecular formula is C22H17N5O2. The first-order valence-electron chi connectivity index (χ1n) is 9.29. The summed E-state index contributed by atoms with van der Waals surface area (Å²) >= 11 is 0. The van der Waals surface area contributed by atoms with Crippen LogP contribution in [0.15, 0.2) is 88.8 Å². The number of amides is 1. The van der Waals surface area contributed by atoms with Gasteiger partial charge in [-0.25, -0.2) is 15.0 Å². The molecule has 5 rings (SSSR count). The second kappa shape index (κ2) is 6.87. The smallest absolute Gasteiger partial charge is 0.268 e. The molecule has 2 N–H and O–H groups in total. The Bertz CT molecular complexity index is 1260. The summed E-state index contributed by atoms with van der Waals surface area (Å²) in [5.41, 5.74) is 4.24. The Morgan fingerprint density at radius 3 is 2.59 bits per heavy atom. The largest absolute Gasteiger partial charge is 0.344 e. The third kappa shape index (κ3) is 2.93. The lowest BCUT2D eigenvalue weighted by Crippen LogP contribution is -2.26. The predicted octanol–water partition coefficient (Wildman–Crippen LogP) is 2.39. The number of allylic oxidation sites excluding steroid dienone is 2. The molecule has 1 aliphatic carbocycles. The highest BCUT2D eigenvalue weighted by Gasteiger charge is 2.37. The molecule has 3 aromatic rings. The second-order valence-corrected chi connectivity index (χ2v) is 6.83. The van der Waals surface area contributed by atoms with Crippen molar-refractivity contribution in [2.24, 2.45) is 11.0 Å². The van der Waals surface area contributed by atoms with Crippen LogP contribution in [0.1, 0.15) is 0 Å². The molecule has 0 bridgehead atoms. The number of carbonyl (C=O) groups is 1. The van der Waals surface area contributed by atoms with E-state index >= 15 is 0 Å². The molecule has 2 heterocycles. The van der Waals surface area contributed by atoms with Gasteiger partial charge in [0.2, 0.25) is 5.95 Å². The molecule has 7 nitrogen and oxygen atoms in total. The molecule has 29 heavy (non-hydrogen) atoms. The normalized spacial score (nSPS) is 21.4. The first-order chi connectivity index (χ1) is 14.2. The number of nitrogens with zero attached hydrogens (tertiary/aromatic N) is 3. The molecule has 2 atom stereocenters. The average Bonchev–Trinajstić information content (AvgIpc) is 3.08. The van der Waals surface area contributed by atoms with E-state index in [1.165, 1.54) is 4.57 Å². The standard InChI is InChI=1S/C22H17N5O2/c28-20-19(15-10-4-6-12-17(15)23-20)25-26-22-24-18-13-7-5-11-16(18)21(29)27(22)14-8-2-1-3-9-14/h1-13,15,17H,(H,23,28)(H,24,26)/b25-19-/t15-,17-/m0/s1. The van der Waals surface area contributed by atoms with Gasteiger partial charge in [0, 0.05) is 0 Å².